The molecule has 3 heterocycles. The molecule has 166 valence electrons. The van der Waals surface area contributed by atoms with Crippen molar-refractivity contribution in [2.45, 2.75) is 19.9 Å². The molecule has 0 aliphatic carbocycles. The van der Waals surface area contributed by atoms with Gasteiger partial charge in [-0.15, -0.1) is 11.3 Å². The first-order valence-corrected chi connectivity index (χ1v) is 11.5. The maximum absolute atomic E-state index is 13.6. The van der Waals surface area contributed by atoms with E-state index in [2.05, 4.69) is 11.6 Å². The van der Waals surface area contributed by atoms with Crippen LogP contribution in [0.25, 0.3) is 11.0 Å². The van der Waals surface area contributed by atoms with Crippen molar-refractivity contribution in [3.05, 3.63) is 97.8 Å². The summed E-state index contributed by atoms with van der Waals surface area (Å²) in [4.78, 5) is 34.4. The third kappa shape index (κ3) is 3.53. The summed E-state index contributed by atoms with van der Waals surface area (Å²) in [6, 6.07) is 11.4. The predicted octanol–water partition coefficient (Wildman–Crippen LogP) is 5.83. The molecule has 4 aromatic rings. The van der Waals surface area contributed by atoms with E-state index in [1.165, 1.54) is 16.2 Å². The van der Waals surface area contributed by atoms with Crippen LogP contribution in [-0.4, -0.2) is 17.5 Å². The second kappa shape index (κ2) is 8.17. The van der Waals surface area contributed by atoms with Crippen LogP contribution in [0.3, 0.4) is 0 Å². The summed E-state index contributed by atoms with van der Waals surface area (Å²) in [5.41, 5.74) is 1.82. The second-order valence-corrected chi connectivity index (χ2v) is 9.32. The molecular formula is C25H19ClN2O4S. The Morgan fingerprint density at radius 3 is 2.79 bits per heavy atom. The van der Waals surface area contributed by atoms with Gasteiger partial charge < -0.3 is 9.15 Å². The van der Waals surface area contributed by atoms with E-state index in [0.717, 1.165) is 10.6 Å². The number of hydrogen-bond acceptors (Lipinski definition) is 6. The molecule has 1 amide bonds. The summed E-state index contributed by atoms with van der Waals surface area (Å²) in [5, 5.41) is 1.25. The zero-order valence-electron chi connectivity index (χ0n) is 17.9. The van der Waals surface area contributed by atoms with Gasteiger partial charge in [-0.25, -0.2) is 4.98 Å². The Labute approximate surface area is 198 Å². The molecule has 2 aromatic carbocycles. The molecule has 0 fully saturated rings. The minimum absolute atomic E-state index is 0.0164. The van der Waals surface area contributed by atoms with Crippen LogP contribution in [0.2, 0.25) is 5.02 Å². The first-order valence-electron chi connectivity index (χ1n) is 10.3. The summed E-state index contributed by atoms with van der Waals surface area (Å²) in [5.74, 6) is 0.214. The Kier molecular flexibility index (Phi) is 5.31. The van der Waals surface area contributed by atoms with Crippen molar-refractivity contribution < 1.29 is 13.9 Å². The van der Waals surface area contributed by atoms with Gasteiger partial charge in [0.2, 0.25) is 5.76 Å². The van der Waals surface area contributed by atoms with Gasteiger partial charge in [-0.05, 0) is 49.7 Å². The maximum Gasteiger partial charge on any atom is 0.297 e. The number of benzene rings is 2. The number of hydrogen-bond donors (Lipinski definition) is 0. The lowest BCUT2D eigenvalue weighted by atomic mass is 9.98. The van der Waals surface area contributed by atoms with E-state index >= 15 is 0 Å². The lowest BCUT2D eigenvalue weighted by Gasteiger charge is -2.23. The lowest BCUT2D eigenvalue weighted by Crippen LogP contribution is -2.29. The molecule has 8 heteroatoms. The molecule has 5 rings (SSSR count). The van der Waals surface area contributed by atoms with Crippen LogP contribution in [0, 0.1) is 13.8 Å². The summed E-state index contributed by atoms with van der Waals surface area (Å²) < 4.78 is 11.7. The van der Waals surface area contributed by atoms with Crippen molar-refractivity contribution in [2.75, 3.05) is 11.5 Å². The average molecular weight is 479 g/mol. The van der Waals surface area contributed by atoms with E-state index in [9.17, 15) is 9.59 Å². The number of nitrogens with zero attached hydrogens (tertiary/aromatic N) is 2. The third-order valence-electron chi connectivity index (χ3n) is 5.60. The summed E-state index contributed by atoms with van der Waals surface area (Å²) in [7, 11) is 0. The molecular weight excluding hydrogens is 460 g/mol. The molecule has 33 heavy (non-hydrogen) atoms. The molecule has 1 unspecified atom stereocenters. The fourth-order valence-electron chi connectivity index (χ4n) is 3.95. The minimum atomic E-state index is -0.718. The quantitative estimate of drug-likeness (QED) is 0.337. The first kappa shape index (κ1) is 21.4. The van der Waals surface area contributed by atoms with Crippen molar-refractivity contribution in [1.29, 1.82) is 0 Å². The zero-order valence-corrected chi connectivity index (χ0v) is 19.5. The molecule has 0 N–H and O–H groups in total. The first-order chi connectivity index (χ1) is 15.9. The van der Waals surface area contributed by atoms with Crippen LogP contribution in [0.4, 0.5) is 5.13 Å². The number of aryl methyl sites for hydroxylation is 2. The van der Waals surface area contributed by atoms with Gasteiger partial charge in [-0.2, -0.15) is 0 Å². The van der Waals surface area contributed by atoms with E-state index in [0.29, 0.717) is 39.0 Å². The molecule has 6 nitrogen and oxygen atoms in total. The normalized spacial score (nSPS) is 15.2. The zero-order chi connectivity index (χ0) is 23.3. The Balaban J connectivity index is 1.77. The fourth-order valence-corrected chi connectivity index (χ4v) is 5.05. The summed E-state index contributed by atoms with van der Waals surface area (Å²) in [6.45, 7) is 7.85. The van der Waals surface area contributed by atoms with Gasteiger partial charge in [0.25, 0.3) is 5.91 Å². The Morgan fingerprint density at radius 1 is 1.24 bits per heavy atom. The molecule has 1 atom stereocenters. The minimum Gasteiger partial charge on any atom is -0.490 e. The number of amides is 1. The van der Waals surface area contributed by atoms with Crippen LogP contribution in [0.5, 0.6) is 5.75 Å². The number of ether oxygens (including phenoxy) is 1. The Hall–Kier alpha value is -3.42. The third-order valence-corrected chi connectivity index (χ3v) is 6.90. The van der Waals surface area contributed by atoms with Crippen molar-refractivity contribution in [3.63, 3.8) is 0 Å². The average Bonchev–Trinajstić information content (AvgIpc) is 3.29. The highest BCUT2D eigenvalue weighted by Gasteiger charge is 2.45. The van der Waals surface area contributed by atoms with Crippen molar-refractivity contribution in [3.8, 4) is 5.75 Å². The maximum atomic E-state index is 13.6. The van der Waals surface area contributed by atoms with E-state index < -0.39 is 11.9 Å². The van der Waals surface area contributed by atoms with Gasteiger partial charge >= 0.3 is 0 Å². The van der Waals surface area contributed by atoms with Crippen LogP contribution >= 0.6 is 22.9 Å². The molecule has 0 saturated carbocycles. The van der Waals surface area contributed by atoms with E-state index in [1.807, 2.05) is 38.1 Å². The fraction of sp³-hybridized carbons (Fsp3) is 0.160. The van der Waals surface area contributed by atoms with Crippen molar-refractivity contribution in [2.24, 2.45) is 0 Å². The summed E-state index contributed by atoms with van der Waals surface area (Å²) in [6.07, 6.45) is 1.65. The van der Waals surface area contributed by atoms with Gasteiger partial charge in [0.1, 0.15) is 17.9 Å². The molecule has 0 bridgehead atoms. The van der Waals surface area contributed by atoms with Crippen molar-refractivity contribution >= 4 is 44.9 Å². The molecule has 1 aliphatic heterocycles. The highest BCUT2D eigenvalue weighted by Crippen LogP contribution is 2.43. The SMILES string of the molecule is C=CCOc1cccc(C2c3c(oc4ccc(Cl)cc4c3=O)C(=O)N2c2nc(C)c(C)s2)c1. The molecule has 0 radical (unpaired) electrons. The van der Waals surface area contributed by atoms with E-state index in [4.69, 9.17) is 20.8 Å². The van der Waals surface area contributed by atoms with Gasteiger partial charge in [0.15, 0.2) is 10.6 Å². The number of aromatic nitrogens is 1. The molecule has 2 aromatic heterocycles. The number of fused-ring (bicyclic) bond motifs is 2. The molecule has 1 aliphatic rings. The highest BCUT2D eigenvalue weighted by molar-refractivity contribution is 7.15. The number of carbonyl (C=O) groups is 1. The monoisotopic (exact) mass is 478 g/mol. The Morgan fingerprint density at radius 2 is 2.06 bits per heavy atom. The second-order valence-electron chi connectivity index (χ2n) is 7.70. The lowest BCUT2D eigenvalue weighted by molar-refractivity contribution is 0.0971. The van der Waals surface area contributed by atoms with Gasteiger partial charge in [0, 0.05) is 9.90 Å². The van der Waals surface area contributed by atoms with Gasteiger partial charge in [-0.3, -0.25) is 14.5 Å². The van der Waals surface area contributed by atoms with Crippen LogP contribution in [0.1, 0.15) is 38.3 Å². The van der Waals surface area contributed by atoms with Crippen LogP contribution in [0.15, 0.2) is 64.3 Å². The largest absolute Gasteiger partial charge is 0.490 e. The van der Waals surface area contributed by atoms with Crippen LogP contribution < -0.4 is 15.1 Å². The van der Waals surface area contributed by atoms with Gasteiger partial charge in [-0.1, -0.05) is 36.4 Å². The van der Waals surface area contributed by atoms with Crippen LogP contribution in [-0.2, 0) is 0 Å². The van der Waals surface area contributed by atoms with E-state index in [1.54, 1.807) is 24.3 Å². The van der Waals surface area contributed by atoms with E-state index in [-0.39, 0.29) is 16.8 Å². The standard InChI is InChI=1S/C25H19ClN2O4S/c1-4-10-31-17-7-5-6-15(11-17)21-20-22(29)18-12-16(26)8-9-19(18)32-23(20)24(30)28(21)25-27-13(2)14(3)33-25/h4-9,11-12,21H,1,10H2,2-3H3. The predicted molar refractivity (Wildman–Crippen MR) is 130 cm³/mol. The number of thiazole rings is 1. The number of rotatable bonds is 5. The summed E-state index contributed by atoms with van der Waals surface area (Å²) >= 11 is 7.55. The topological polar surface area (TPSA) is 72.6 Å². The molecule has 0 saturated heterocycles. The van der Waals surface area contributed by atoms with Gasteiger partial charge in [0.05, 0.1) is 22.7 Å². The number of anilines is 1. The number of carbonyl (C=O) groups excluding carboxylic acids is 1. The molecule has 0 spiro atoms. The highest BCUT2D eigenvalue weighted by atomic mass is 35.5. The smallest absolute Gasteiger partial charge is 0.297 e. The van der Waals surface area contributed by atoms with Crippen molar-refractivity contribution in [1.82, 2.24) is 4.98 Å². The Bertz CT molecular complexity index is 1470. The number of halogens is 1.